The summed E-state index contributed by atoms with van der Waals surface area (Å²) in [6.45, 7) is 1.78. The predicted molar refractivity (Wildman–Crippen MR) is 79.4 cm³/mol. The van der Waals surface area contributed by atoms with Gasteiger partial charge in [0, 0.05) is 0 Å². The molecule has 0 saturated heterocycles. The van der Waals surface area contributed by atoms with E-state index in [4.69, 9.17) is 9.84 Å². The Kier molecular flexibility index (Phi) is 4.52. The molecule has 3 N–H and O–H groups in total. The summed E-state index contributed by atoms with van der Waals surface area (Å²) < 4.78 is 5.07. The Balaban J connectivity index is 2.10. The van der Waals surface area contributed by atoms with E-state index in [0.717, 1.165) is 5.69 Å². The van der Waals surface area contributed by atoms with Crippen molar-refractivity contribution in [1.29, 1.82) is 0 Å². The summed E-state index contributed by atoms with van der Waals surface area (Å²) in [5, 5.41) is 14.0. The first-order valence-corrected chi connectivity index (χ1v) is 6.27. The summed E-state index contributed by atoms with van der Waals surface area (Å²) in [4.78, 5) is 30.8. The Morgan fingerprint density at radius 2 is 1.95 bits per heavy atom. The molecule has 0 radical (unpaired) electrons. The largest absolute Gasteiger partial charge is 0.495 e. The van der Waals surface area contributed by atoms with Crippen LogP contribution in [-0.2, 0) is 0 Å². The number of aryl methyl sites for hydroxylation is 1. The van der Waals surface area contributed by atoms with E-state index in [-0.39, 0.29) is 11.3 Å². The van der Waals surface area contributed by atoms with E-state index >= 15 is 0 Å². The highest BCUT2D eigenvalue weighted by Gasteiger charge is 2.11. The number of urea groups is 1. The van der Waals surface area contributed by atoms with Gasteiger partial charge in [0.05, 0.1) is 36.4 Å². The molecule has 0 aliphatic carbocycles. The fourth-order valence-electron chi connectivity index (χ4n) is 1.65. The van der Waals surface area contributed by atoms with E-state index in [0.29, 0.717) is 11.5 Å². The minimum atomic E-state index is -1.08. The number of rotatable bonds is 4. The van der Waals surface area contributed by atoms with Gasteiger partial charge in [-0.3, -0.25) is 10.3 Å². The molecule has 1 aromatic heterocycles. The third-order valence-corrected chi connectivity index (χ3v) is 2.72. The minimum Gasteiger partial charge on any atom is -0.495 e. The van der Waals surface area contributed by atoms with Crippen molar-refractivity contribution in [2.45, 2.75) is 6.92 Å². The fourth-order valence-corrected chi connectivity index (χ4v) is 1.65. The number of carboxylic acid groups (broad SMARTS) is 1. The Hall–Kier alpha value is -3.16. The van der Waals surface area contributed by atoms with Crippen molar-refractivity contribution in [2.24, 2.45) is 0 Å². The maximum absolute atomic E-state index is 11.9. The van der Waals surface area contributed by atoms with Gasteiger partial charge in [0.25, 0.3) is 0 Å². The zero-order chi connectivity index (χ0) is 16.1. The molecule has 0 unspecified atom stereocenters. The Morgan fingerprint density at radius 1 is 1.18 bits per heavy atom. The van der Waals surface area contributed by atoms with E-state index in [2.05, 4.69) is 20.6 Å². The molecular weight excluding hydrogens is 288 g/mol. The fraction of sp³-hybridized carbons (Fsp3) is 0.143. The van der Waals surface area contributed by atoms with Crippen LogP contribution in [0.25, 0.3) is 0 Å². The van der Waals surface area contributed by atoms with E-state index in [1.54, 1.807) is 6.92 Å². The topological polar surface area (TPSA) is 113 Å². The number of amides is 2. The smallest absolute Gasteiger partial charge is 0.335 e. The Morgan fingerprint density at radius 3 is 2.55 bits per heavy atom. The van der Waals surface area contributed by atoms with Crippen LogP contribution in [0.5, 0.6) is 5.75 Å². The monoisotopic (exact) mass is 302 g/mol. The van der Waals surface area contributed by atoms with Crippen LogP contribution >= 0.6 is 0 Å². The molecule has 114 valence electrons. The zero-order valence-corrected chi connectivity index (χ0v) is 12.0. The first-order chi connectivity index (χ1) is 10.5. The summed E-state index contributed by atoms with van der Waals surface area (Å²) >= 11 is 0. The van der Waals surface area contributed by atoms with Gasteiger partial charge in [-0.15, -0.1) is 0 Å². The molecule has 0 aliphatic heterocycles. The number of aromatic nitrogens is 2. The quantitative estimate of drug-likeness (QED) is 0.797. The lowest BCUT2D eigenvalue weighted by Gasteiger charge is -2.11. The molecule has 2 amide bonds. The van der Waals surface area contributed by atoms with Gasteiger partial charge in [-0.25, -0.2) is 14.6 Å². The van der Waals surface area contributed by atoms with E-state index in [9.17, 15) is 9.59 Å². The molecule has 8 nitrogen and oxygen atoms in total. The lowest BCUT2D eigenvalue weighted by molar-refractivity contribution is 0.0696. The number of carbonyl (C=O) groups excluding carboxylic acids is 1. The normalized spacial score (nSPS) is 9.91. The number of carbonyl (C=O) groups is 2. The van der Waals surface area contributed by atoms with Crippen LogP contribution in [0.15, 0.2) is 30.6 Å². The molecule has 22 heavy (non-hydrogen) atoms. The first kappa shape index (κ1) is 15.2. The highest BCUT2D eigenvalue weighted by atomic mass is 16.5. The second kappa shape index (κ2) is 6.53. The molecule has 0 bridgehead atoms. The number of nitrogens with one attached hydrogen (secondary N) is 2. The molecule has 1 aromatic carbocycles. The number of aromatic carboxylic acids is 1. The highest BCUT2D eigenvalue weighted by molar-refractivity contribution is 6.00. The van der Waals surface area contributed by atoms with Crippen molar-refractivity contribution in [3.05, 3.63) is 41.9 Å². The average Bonchev–Trinajstić information content (AvgIpc) is 2.49. The van der Waals surface area contributed by atoms with Gasteiger partial charge in [-0.1, -0.05) is 0 Å². The predicted octanol–water partition coefficient (Wildman–Crippen LogP) is 2.14. The van der Waals surface area contributed by atoms with Gasteiger partial charge in [-0.05, 0) is 25.1 Å². The van der Waals surface area contributed by atoms with Crippen molar-refractivity contribution in [2.75, 3.05) is 17.7 Å². The summed E-state index contributed by atoms with van der Waals surface area (Å²) in [6.07, 6.45) is 2.96. The number of ether oxygens (including phenoxy) is 1. The van der Waals surface area contributed by atoms with Crippen LogP contribution in [0.2, 0.25) is 0 Å². The molecule has 8 heteroatoms. The van der Waals surface area contributed by atoms with Crippen LogP contribution in [0.4, 0.5) is 16.3 Å². The number of methoxy groups -OCH3 is 1. The molecule has 0 spiro atoms. The molecule has 2 aromatic rings. The average molecular weight is 302 g/mol. The Labute approximate surface area is 126 Å². The molecule has 0 saturated carbocycles. The number of hydrogen-bond donors (Lipinski definition) is 3. The van der Waals surface area contributed by atoms with Crippen LogP contribution in [0.1, 0.15) is 16.1 Å². The van der Waals surface area contributed by atoms with Crippen LogP contribution in [0.3, 0.4) is 0 Å². The van der Waals surface area contributed by atoms with Gasteiger partial charge in [0.2, 0.25) is 0 Å². The summed E-state index contributed by atoms with van der Waals surface area (Å²) in [5.74, 6) is -0.543. The van der Waals surface area contributed by atoms with Gasteiger partial charge in [0.1, 0.15) is 5.75 Å². The van der Waals surface area contributed by atoms with E-state index in [1.807, 2.05) is 0 Å². The van der Waals surface area contributed by atoms with Crippen LogP contribution in [0, 0.1) is 6.92 Å². The molecule has 2 rings (SSSR count). The number of benzene rings is 1. The summed E-state index contributed by atoms with van der Waals surface area (Å²) in [5.41, 5.74) is 1.13. The maximum Gasteiger partial charge on any atom is 0.335 e. The van der Waals surface area contributed by atoms with Crippen molar-refractivity contribution in [3.63, 3.8) is 0 Å². The summed E-state index contributed by atoms with van der Waals surface area (Å²) in [6, 6.07) is 3.60. The van der Waals surface area contributed by atoms with Crippen LogP contribution < -0.4 is 15.4 Å². The third kappa shape index (κ3) is 3.69. The molecule has 0 fully saturated rings. The minimum absolute atomic E-state index is 0.0622. The van der Waals surface area contributed by atoms with Gasteiger partial charge >= 0.3 is 12.0 Å². The van der Waals surface area contributed by atoms with Gasteiger partial charge in [-0.2, -0.15) is 0 Å². The van der Waals surface area contributed by atoms with E-state index < -0.39 is 12.0 Å². The standard InChI is InChI=1S/C14H14N4O4/c1-8-6-16-12(7-15-8)18-14(21)17-10-4-3-9(13(19)20)5-11(10)22-2/h3-7H,1-2H3,(H,19,20)(H2,16,17,18,21). The molecular formula is C14H14N4O4. The van der Waals surface area contributed by atoms with Crippen LogP contribution in [-0.4, -0.2) is 34.2 Å². The lowest BCUT2D eigenvalue weighted by atomic mass is 10.2. The molecule has 1 heterocycles. The number of carboxylic acids is 1. The number of anilines is 2. The zero-order valence-electron chi connectivity index (χ0n) is 12.0. The Bertz CT molecular complexity index is 700. The second-order valence-corrected chi connectivity index (χ2v) is 4.34. The molecule has 0 aliphatic rings. The molecule has 0 atom stereocenters. The third-order valence-electron chi connectivity index (χ3n) is 2.72. The second-order valence-electron chi connectivity index (χ2n) is 4.34. The number of hydrogen-bond acceptors (Lipinski definition) is 5. The van der Waals surface area contributed by atoms with E-state index in [1.165, 1.54) is 37.7 Å². The van der Waals surface area contributed by atoms with Gasteiger partial charge in [0.15, 0.2) is 5.82 Å². The SMILES string of the molecule is COc1cc(C(=O)O)ccc1NC(=O)Nc1cnc(C)cn1. The highest BCUT2D eigenvalue weighted by Crippen LogP contribution is 2.25. The van der Waals surface area contributed by atoms with Crippen molar-refractivity contribution >= 4 is 23.5 Å². The first-order valence-electron chi connectivity index (χ1n) is 6.27. The van der Waals surface area contributed by atoms with Crippen molar-refractivity contribution < 1.29 is 19.4 Å². The summed E-state index contributed by atoms with van der Waals surface area (Å²) in [7, 11) is 1.38. The van der Waals surface area contributed by atoms with Gasteiger partial charge < -0.3 is 15.2 Å². The maximum atomic E-state index is 11.9. The van der Waals surface area contributed by atoms with Crippen molar-refractivity contribution in [3.8, 4) is 5.75 Å². The van der Waals surface area contributed by atoms with Crippen molar-refractivity contribution in [1.82, 2.24) is 9.97 Å². The lowest BCUT2D eigenvalue weighted by Crippen LogP contribution is -2.20. The number of nitrogens with zero attached hydrogens (tertiary/aromatic N) is 2.